The molecule has 0 spiro atoms. The van der Waals surface area contributed by atoms with Crippen molar-refractivity contribution in [3.8, 4) is 0 Å². The third-order valence-corrected chi connectivity index (χ3v) is 22.0. The van der Waals surface area contributed by atoms with E-state index in [1.807, 2.05) is 117 Å². The van der Waals surface area contributed by atoms with Gasteiger partial charge in [-0.3, -0.25) is 53.2 Å². The monoisotopic (exact) mass is 1610 g/mol. The highest BCUT2D eigenvalue weighted by Crippen LogP contribution is 2.43. The van der Waals surface area contributed by atoms with Crippen LogP contribution < -0.4 is 26.6 Å². The maximum absolute atomic E-state index is 12.5. The summed E-state index contributed by atoms with van der Waals surface area (Å²) in [6.45, 7) is 31.5. The van der Waals surface area contributed by atoms with Crippen LogP contribution in [0.5, 0.6) is 0 Å². The van der Waals surface area contributed by atoms with E-state index in [4.69, 9.17) is 39.8 Å². The van der Waals surface area contributed by atoms with Gasteiger partial charge in [0.05, 0.1) is 21.5 Å². The summed E-state index contributed by atoms with van der Waals surface area (Å²) in [6, 6.07) is 29.7. The molecule has 604 valence electrons. The number of pyridine rings is 5. The van der Waals surface area contributed by atoms with Gasteiger partial charge < -0.3 is 10.6 Å². The first-order chi connectivity index (χ1) is 55.0. The highest BCUT2D eigenvalue weighted by atomic mass is 35.5. The minimum absolute atomic E-state index is 0.00328. The number of hydrogen-bond acceptors (Lipinski definition) is 15. The van der Waals surface area contributed by atoms with Crippen molar-refractivity contribution in [2.24, 2.45) is 16.7 Å². The van der Waals surface area contributed by atoms with E-state index < -0.39 is 0 Å². The number of rotatable bonds is 21. The van der Waals surface area contributed by atoms with Crippen LogP contribution in [-0.2, 0) is 27.2 Å². The van der Waals surface area contributed by atoms with Crippen LogP contribution in [-0.4, -0.2) is 90.4 Å². The van der Waals surface area contributed by atoms with Gasteiger partial charge in [0.1, 0.15) is 27.6 Å². The molecule has 3 amide bonds. The zero-order valence-corrected chi connectivity index (χ0v) is 70.5. The van der Waals surface area contributed by atoms with E-state index in [1.54, 1.807) is 24.7 Å². The highest BCUT2D eigenvalue weighted by Gasteiger charge is 2.32. The van der Waals surface area contributed by atoms with Gasteiger partial charge in [0, 0.05) is 85.4 Å². The molecule has 0 aliphatic heterocycles. The van der Waals surface area contributed by atoms with Crippen LogP contribution in [0.3, 0.4) is 0 Å². The Labute approximate surface area is 688 Å². The normalized spacial score (nSPS) is 15.2. The summed E-state index contributed by atoms with van der Waals surface area (Å²) in [5.41, 5.74) is 16.1. The van der Waals surface area contributed by atoms with E-state index in [-0.39, 0.29) is 28.6 Å². The summed E-state index contributed by atoms with van der Waals surface area (Å²) in [5.74, 6) is 4.02. The molecular weight excluding hydrogens is 1500 g/mol. The molecule has 17 rings (SSSR count). The first kappa shape index (κ1) is 82.9. The van der Waals surface area contributed by atoms with Crippen molar-refractivity contribution in [3.05, 3.63) is 183 Å². The van der Waals surface area contributed by atoms with Crippen LogP contribution in [0.1, 0.15) is 235 Å². The van der Waals surface area contributed by atoms with Crippen molar-refractivity contribution in [1.29, 1.82) is 0 Å². The van der Waals surface area contributed by atoms with Gasteiger partial charge in [0.2, 0.25) is 47.5 Å². The SMILES string of the molecule is C=C(CC(C)(C)C)Nc1nc2cc(Cl)cnc2n1C1CCC1.C=C(CC(C)C)Nc1nc2cc(Cl)cnc2n1C1CCC1.Cc1ccc(CC(=O)Nc2nc3cc(Cl)cnc3n2C2CCC2)cc1.Cc1cnc2c(c1)nc(NC(=O)CC(C)(C)C)n2C1CCC1.Cc1cnc2c(c1)nc(NC(=O)CCc1ccccc1)n2C1CCC1. The molecule has 10 heterocycles. The van der Waals surface area contributed by atoms with Crippen LogP contribution in [0.4, 0.5) is 29.7 Å². The quantitative estimate of drug-likeness (QED) is 0.0448. The molecule has 12 aromatic rings. The Morgan fingerprint density at radius 2 is 0.739 bits per heavy atom. The first-order valence-corrected chi connectivity index (χ1v) is 41.8. The van der Waals surface area contributed by atoms with E-state index in [1.165, 1.54) is 68.9 Å². The second-order valence-corrected chi connectivity index (χ2v) is 35.8. The van der Waals surface area contributed by atoms with Gasteiger partial charge in [-0.15, -0.1) is 0 Å². The fourth-order valence-corrected chi connectivity index (χ4v) is 15.2. The Balaban J connectivity index is 0.000000125. The number of fused-ring (bicyclic) bond motifs is 5. The number of aryl methyl sites for hydroxylation is 4. The maximum Gasteiger partial charge on any atom is 0.231 e. The second-order valence-electron chi connectivity index (χ2n) is 34.5. The summed E-state index contributed by atoms with van der Waals surface area (Å²) >= 11 is 18.1. The number of nitrogens with zero attached hydrogens (tertiary/aromatic N) is 15. The maximum atomic E-state index is 12.5. The van der Waals surface area contributed by atoms with Gasteiger partial charge in [-0.05, 0) is 206 Å². The van der Waals surface area contributed by atoms with E-state index in [0.29, 0.717) is 93.8 Å². The molecule has 23 nitrogen and oxygen atoms in total. The molecule has 0 saturated heterocycles. The van der Waals surface area contributed by atoms with Crippen LogP contribution >= 0.6 is 34.8 Å². The highest BCUT2D eigenvalue weighted by molar-refractivity contribution is 6.31. The van der Waals surface area contributed by atoms with Gasteiger partial charge in [-0.1, -0.05) is 164 Å². The predicted octanol–water partition coefficient (Wildman–Crippen LogP) is 22.1. The average Bonchev–Trinajstić information content (AvgIpc) is 1.66. The van der Waals surface area contributed by atoms with Crippen molar-refractivity contribution in [2.75, 3.05) is 26.6 Å². The standard InChI is InChI=1S/C20H22N4O.C19H19ClN4O.C17H23ClN4.C17H24N4O.C16H21ClN4/c1-14-12-17-19(21-13-14)24(16-8-5-9-16)20(22-17)23-18(25)11-10-15-6-3-2-4-7-15;1-12-5-7-13(8-6-12)9-17(25)23-19-22-16-10-14(20)11-21-18(16)24(19)15-3-2-4-15;1-11(9-17(2,3)4)20-16-21-14-8-12(18)10-19-15(14)22(16)13-6-5-7-13;1-11-8-13-15(18-10-11)21(12-6-5-7-12)16(19-13)20-14(22)9-17(2,3)4;1-10(2)7-11(3)19-16-20-14-8-12(17)9-18-15(14)21(16)13-5-4-6-13/h2-4,6-7,12-13,16H,5,8-11H2,1H3,(H,22,23,25);5-8,10-11,15H,2-4,9H2,1H3,(H,22,23,25);8,10,13H,1,5-7,9H2,2-4H3,(H,20,21);8,10,12H,5-7,9H2,1-4H3,(H,19,20,22);8-10,13H,3-7H2,1-2H3,(H,19,20). The molecule has 5 aliphatic carbocycles. The number of allylic oxidation sites excluding steroid dienone is 2. The molecule has 0 radical (unpaired) electrons. The number of carbonyl (C=O) groups excluding carboxylic acids is 3. The topological polar surface area (TPSA) is 265 Å². The molecular formula is C89H109Cl3N20O3. The Morgan fingerprint density at radius 3 is 1.09 bits per heavy atom. The minimum Gasteiger partial charge on any atom is -0.330 e. The summed E-state index contributed by atoms with van der Waals surface area (Å²) in [4.78, 5) is 82.8. The Bertz CT molecular complexity index is 5350. The molecule has 26 heteroatoms. The van der Waals surface area contributed by atoms with Crippen molar-refractivity contribution in [3.63, 3.8) is 0 Å². The fraction of sp³-hybridized carbons (Fsp3) is 0.449. The van der Waals surface area contributed by atoms with Crippen molar-refractivity contribution < 1.29 is 14.4 Å². The largest absolute Gasteiger partial charge is 0.330 e. The van der Waals surface area contributed by atoms with Gasteiger partial charge in [0.15, 0.2) is 28.2 Å². The van der Waals surface area contributed by atoms with Gasteiger partial charge >= 0.3 is 0 Å². The van der Waals surface area contributed by atoms with E-state index in [0.717, 1.165) is 148 Å². The molecule has 5 N–H and O–H groups in total. The zero-order chi connectivity index (χ0) is 81.4. The number of imidazole rings is 5. The Hall–Kier alpha value is -10.1. The number of benzene rings is 2. The number of nitrogens with one attached hydrogen (secondary N) is 5. The van der Waals surface area contributed by atoms with Gasteiger partial charge in [-0.2, -0.15) is 0 Å². The van der Waals surface area contributed by atoms with Crippen LogP contribution in [0.25, 0.3) is 55.8 Å². The summed E-state index contributed by atoms with van der Waals surface area (Å²) in [6.07, 6.45) is 30.1. The Morgan fingerprint density at radius 1 is 0.409 bits per heavy atom. The van der Waals surface area contributed by atoms with E-state index in [9.17, 15) is 14.4 Å². The number of aromatic nitrogens is 15. The lowest BCUT2D eigenvalue weighted by molar-refractivity contribution is -0.118. The van der Waals surface area contributed by atoms with Crippen molar-refractivity contribution in [2.45, 2.75) is 241 Å². The summed E-state index contributed by atoms with van der Waals surface area (Å²) in [5, 5.41) is 17.5. The molecule has 5 saturated carbocycles. The van der Waals surface area contributed by atoms with Crippen LogP contribution in [0.15, 0.2) is 140 Å². The predicted molar refractivity (Wildman–Crippen MR) is 465 cm³/mol. The Kier molecular flexibility index (Phi) is 26.2. The smallest absolute Gasteiger partial charge is 0.231 e. The number of carbonyl (C=O) groups is 3. The van der Waals surface area contributed by atoms with Gasteiger partial charge in [-0.25, -0.2) is 49.8 Å². The summed E-state index contributed by atoms with van der Waals surface area (Å²) in [7, 11) is 0. The van der Waals surface area contributed by atoms with E-state index >= 15 is 0 Å². The van der Waals surface area contributed by atoms with Crippen molar-refractivity contribution in [1.82, 2.24) is 72.7 Å². The van der Waals surface area contributed by atoms with E-state index in [2.05, 4.69) is 158 Å². The lowest BCUT2D eigenvalue weighted by Crippen LogP contribution is -2.24. The van der Waals surface area contributed by atoms with Crippen LogP contribution in [0, 0.1) is 37.5 Å². The lowest BCUT2D eigenvalue weighted by Gasteiger charge is -2.29. The number of hydrogen-bond donors (Lipinski definition) is 5. The average molecular weight is 1610 g/mol. The number of amides is 3. The number of halogens is 3. The summed E-state index contributed by atoms with van der Waals surface area (Å²) < 4.78 is 10.7. The third kappa shape index (κ3) is 21.1. The lowest BCUT2D eigenvalue weighted by atomic mass is 9.91. The molecule has 0 unspecified atom stereocenters. The van der Waals surface area contributed by atoms with Crippen LogP contribution in [0.2, 0.25) is 15.1 Å². The molecule has 115 heavy (non-hydrogen) atoms. The molecule has 0 bridgehead atoms. The molecule has 0 atom stereocenters. The van der Waals surface area contributed by atoms with Gasteiger partial charge in [0.25, 0.3) is 0 Å². The zero-order valence-electron chi connectivity index (χ0n) is 68.3. The second kappa shape index (κ2) is 36.4. The number of anilines is 5. The molecule has 5 fully saturated rings. The molecule has 5 aliphatic rings. The first-order valence-electron chi connectivity index (χ1n) is 40.7. The molecule has 2 aromatic carbocycles. The minimum atomic E-state index is -0.0779. The third-order valence-electron chi connectivity index (χ3n) is 21.4. The van der Waals surface area contributed by atoms with Crippen molar-refractivity contribution >= 4 is 138 Å². The molecule has 10 aromatic heterocycles. The fourth-order valence-electron chi connectivity index (χ4n) is 14.8.